The third kappa shape index (κ3) is 3.70. The third-order valence-corrected chi connectivity index (χ3v) is 2.74. The van der Waals surface area contributed by atoms with Crippen LogP contribution in [-0.4, -0.2) is 21.0 Å². The number of nitrogens with two attached hydrogens (primary N) is 1. The summed E-state index contributed by atoms with van der Waals surface area (Å²) < 4.78 is 0. The van der Waals surface area contributed by atoms with Crippen LogP contribution in [0.1, 0.15) is 10.4 Å². The highest BCUT2D eigenvalue weighted by atomic mass is 32.1. The lowest BCUT2D eigenvalue weighted by Gasteiger charge is -2.11. The average molecular weight is 320 g/mol. The molecule has 0 saturated heterocycles. The summed E-state index contributed by atoms with van der Waals surface area (Å²) in [7, 11) is 0. The number of aromatic nitrogens is 2. The first-order valence-corrected chi connectivity index (χ1v) is 6.42. The Kier molecular flexibility index (Phi) is 4.53. The highest BCUT2D eigenvalue weighted by Gasteiger charge is 2.09. The van der Waals surface area contributed by atoms with E-state index in [1.54, 1.807) is 30.3 Å². The maximum Gasteiger partial charge on any atom is 0.327 e. The van der Waals surface area contributed by atoms with Crippen molar-refractivity contribution < 1.29 is 4.79 Å². The Morgan fingerprint density at radius 2 is 1.77 bits per heavy atom. The number of benzene rings is 1. The summed E-state index contributed by atoms with van der Waals surface area (Å²) in [6.07, 6.45) is 0. The quantitative estimate of drug-likeness (QED) is 0.316. The van der Waals surface area contributed by atoms with Gasteiger partial charge in [-0.1, -0.05) is 18.2 Å². The standard InChI is InChI=1S/C12H12N6O3S/c13-8-7(10(20)16-11(21)15-8)14-12(22)18-17-9(19)6-4-2-1-3-5-6/h1-5H,(H,17,19)(H2,14,18,22)(H4,13,15,16,20,21). The minimum Gasteiger partial charge on any atom is -0.383 e. The Bertz CT molecular complexity index is 814. The number of hydrazine groups is 1. The van der Waals surface area contributed by atoms with E-state index in [-0.39, 0.29) is 16.6 Å². The van der Waals surface area contributed by atoms with Gasteiger partial charge in [-0.15, -0.1) is 0 Å². The summed E-state index contributed by atoms with van der Waals surface area (Å²) >= 11 is 4.92. The Labute approximate surface area is 128 Å². The molecule has 0 radical (unpaired) electrons. The van der Waals surface area contributed by atoms with Crippen LogP contribution in [0.3, 0.4) is 0 Å². The Morgan fingerprint density at radius 1 is 1.09 bits per heavy atom. The molecule has 0 spiro atoms. The molecule has 0 fully saturated rings. The number of amides is 1. The lowest BCUT2D eigenvalue weighted by Crippen LogP contribution is -2.44. The number of nitrogens with one attached hydrogen (secondary N) is 5. The van der Waals surface area contributed by atoms with Gasteiger partial charge >= 0.3 is 5.69 Å². The maximum absolute atomic E-state index is 11.8. The van der Waals surface area contributed by atoms with E-state index in [4.69, 9.17) is 18.0 Å². The zero-order chi connectivity index (χ0) is 16.1. The van der Waals surface area contributed by atoms with Gasteiger partial charge in [0.05, 0.1) is 0 Å². The molecular weight excluding hydrogens is 308 g/mol. The Hall–Kier alpha value is -3.14. The van der Waals surface area contributed by atoms with Crippen molar-refractivity contribution in [3.8, 4) is 0 Å². The van der Waals surface area contributed by atoms with Crippen molar-refractivity contribution in [2.45, 2.75) is 0 Å². The predicted molar refractivity (Wildman–Crippen MR) is 85.4 cm³/mol. The van der Waals surface area contributed by atoms with Crippen molar-refractivity contribution in [3.05, 3.63) is 56.7 Å². The summed E-state index contributed by atoms with van der Waals surface area (Å²) in [4.78, 5) is 38.5. The normalized spacial score (nSPS) is 9.82. The van der Waals surface area contributed by atoms with Crippen LogP contribution in [0.5, 0.6) is 0 Å². The molecule has 0 aliphatic carbocycles. The van der Waals surface area contributed by atoms with Crippen LogP contribution in [0.4, 0.5) is 11.5 Å². The van der Waals surface area contributed by atoms with Crippen LogP contribution in [-0.2, 0) is 0 Å². The lowest BCUT2D eigenvalue weighted by atomic mass is 10.2. The summed E-state index contributed by atoms with van der Waals surface area (Å²) in [5.74, 6) is -0.583. The summed E-state index contributed by atoms with van der Waals surface area (Å²) in [6.45, 7) is 0. The smallest absolute Gasteiger partial charge is 0.327 e. The van der Waals surface area contributed by atoms with E-state index in [9.17, 15) is 14.4 Å². The van der Waals surface area contributed by atoms with Gasteiger partial charge in [-0.2, -0.15) is 0 Å². The molecular formula is C12H12N6O3S. The molecule has 2 rings (SSSR count). The molecule has 10 heteroatoms. The fourth-order valence-corrected chi connectivity index (χ4v) is 1.70. The SMILES string of the molecule is Nc1[nH]c(=O)[nH]c(=O)c1NC(=S)NNC(=O)c1ccccc1. The second-order valence-corrected chi connectivity index (χ2v) is 4.50. The number of carbonyl (C=O) groups excluding carboxylic acids is 1. The number of thiocarbonyl (C=S) groups is 1. The van der Waals surface area contributed by atoms with E-state index < -0.39 is 17.2 Å². The van der Waals surface area contributed by atoms with Gasteiger partial charge in [0.15, 0.2) is 5.11 Å². The van der Waals surface area contributed by atoms with E-state index in [1.807, 2.05) is 4.98 Å². The number of carbonyl (C=O) groups is 1. The first-order valence-electron chi connectivity index (χ1n) is 6.02. The van der Waals surface area contributed by atoms with Crippen molar-refractivity contribution in [3.63, 3.8) is 0 Å². The number of aromatic amines is 2. The van der Waals surface area contributed by atoms with Crippen LogP contribution in [0.15, 0.2) is 39.9 Å². The molecule has 114 valence electrons. The van der Waals surface area contributed by atoms with Crippen LogP contribution >= 0.6 is 12.2 Å². The summed E-state index contributed by atoms with van der Waals surface area (Å²) in [5.41, 5.74) is 9.10. The molecule has 2 aromatic rings. The molecule has 0 aliphatic heterocycles. The zero-order valence-electron chi connectivity index (χ0n) is 11.1. The second kappa shape index (κ2) is 6.54. The molecule has 7 N–H and O–H groups in total. The minimum atomic E-state index is -0.736. The van der Waals surface area contributed by atoms with Crippen molar-refractivity contribution in [1.29, 1.82) is 0 Å². The van der Waals surface area contributed by atoms with E-state index in [0.29, 0.717) is 5.56 Å². The zero-order valence-corrected chi connectivity index (χ0v) is 11.9. The lowest BCUT2D eigenvalue weighted by molar-refractivity contribution is 0.0944. The van der Waals surface area contributed by atoms with E-state index in [1.165, 1.54) is 0 Å². The molecule has 0 unspecified atom stereocenters. The van der Waals surface area contributed by atoms with Crippen LogP contribution in [0, 0.1) is 0 Å². The van der Waals surface area contributed by atoms with Gasteiger partial charge in [0.1, 0.15) is 11.5 Å². The first-order chi connectivity index (χ1) is 10.5. The van der Waals surface area contributed by atoms with Crippen molar-refractivity contribution in [1.82, 2.24) is 20.8 Å². The summed E-state index contributed by atoms with van der Waals surface area (Å²) in [6, 6.07) is 8.45. The average Bonchev–Trinajstić information content (AvgIpc) is 2.49. The van der Waals surface area contributed by atoms with Crippen LogP contribution in [0.25, 0.3) is 0 Å². The molecule has 0 bridgehead atoms. The third-order valence-electron chi connectivity index (χ3n) is 2.54. The molecule has 0 saturated carbocycles. The largest absolute Gasteiger partial charge is 0.383 e. The van der Waals surface area contributed by atoms with E-state index in [0.717, 1.165) is 0 Å². The molecule has 1 aromatic heterocycles. The van der Waals surface area contributed by atoms with Gasteiger partial charge in [-0.25, -0.2) is 4.79 Å². The fourth-order valence-electron chi connectivity index (χ4n) is 1.55. The first kappa shape index (κ1) is 15.3. The van der Waals surface area contributed by atoms with Crippen molar-refractivity contribution >= 4 is 34.7 Å². The topological polar surface area (TPSA) is 145 Å². The monoisotopic (exact) mass is 320 g/mol. The van der Waals surface area contributed by atoms with Gasteiger partial charge in [0.2, 0.25) is 0 Å². The molecule has 0 aliphatic rings. The molecule has 22 heavy (non-hydrogen) atoms. The van der Waals surface area contributed by atoms with E-state index in [2.05, 4.69) is 21.2 Å². The molecule has 1 aromatic carbocycles. The fraction of sp³-hybridized carbons (Fsp3) is 0. The van der Waals surface area contributed by atoms with Gasteiger partial charge in [-0.05, 0) is 24.4 Å². The van der Waals surface area contributed by atoms with Crippen LogP contribution < -0.4 is 33.2 Å². The van der Waals surface area contributed by atoms with E-state index >= 15 is 0 Å². The number of H-pyrrole nitrogens is 2. The Morgan fingerprint density at radius 3 is 2.41 bits per heavy atom. The highest BCUT2D eigenvalue weighted by molar-refractivity contribution is 7.80. The highest BCUT2D eigenvalue weighted by Crippen LogP contribution is 2.04. The Balaban J connectivity index is 1.98. The number of rotatable bonds is 2. The molecule has 9 nitrogen and oxygen atoms in total. The minimum absolute atomic E-state index is 0.0754. The number of nitrogen functional groups attached to an aromatic ring is 1. The van der Waals surface area contributed by atoms with Gasteiger partial charge in [0, 0.05) is 5.56 Å². The van der Waals surface area contributed by atoms with Crippen LogP contribution in [0.2, 0.25) is 0 Å². The number of hydrogen-bond acceptors (Lipinski definition) is 5. The number of anilines is 2. The van der Waals surface area contributed by atoms with Gasteiger partial charge in [-0.3, -0.25) is 30.4 Å². The predicted octanol–water partition coefficient (Wildman–Crippen LogP) is -0.723. The van der Waals surface area contributed by atoms with Gasteiger partial charge < -0.3 is 11.1 Å². The maximum atomic E-state index is 11.8. The number of hydrogen-bond donors (Lipinski definition) is 6. The molecule has 0 atom stereocenters. The molecule has 1 heterocycles. The summed E-state index contributed by atoms with van der Waals surface area (Å²) in [5, 5.41) is 2.40. The van der Waals surface area contributed by atoms with Crippen molar-refractivity contribution in [2.75, 3.05) is 11.1 Å². The van der Waals surface area contributed by atoms with Gasteiger partial charge in [0.25, 0.3) is 11.5 Å². The second-order valence-electron chi connectivity index (χ2n) is 4.10. The van der Waals surface area contributed by atoms with Crippen molar-refractivity contribution in [2.24, 2.45) is 0 Å². The molecule has 1 amide bonds.